The molecule has 6 nitrogen and oxygen atoms in total. The number of urea groups is 1. The zero-order chi connectivity index (χ0) is 15.0. The van der Waals surface area contributed by atoms with Crippen molar-refractivity contribution in [3.8, 4) is 6.07 Å². The van der Waals surface area contributed by atoms with Gasteiger partial charge in [-0.1, -0.05) is 18.2 Å². The number of carboxylic acid groups (broad SMARTS) is 1. The minimum Gasteiger partial charge on any atom is -0.480 e. The number of amides is 2. The van der Waals surface area contributed by atoms with Crippen molar-refractivity contribution in [1.29, 1.82) is 5.26 Å². The summed E-state index contributed by atoms with van der Waals surface area (Å²) in [5, 5.41) is 22.4. The normalized spacial score (nSPS) is 10.9. The van der Waals surface area contributed by atoms with Gasteiger partial charge in [-0.05, 0) is 24.1 Å². The van der Waals surface area contributed by atoms with Gasteiger partial charge < -0.3 is 15.7 Å². The lowest BCUT2D eigenvalue weighted by atomic mass is 10.1. The molecule has 0 aliphatic carbocycles. The first-order valence-electron chi connectivity index (χ1n) is 5.94. The molecule has 0 spiro atoms. The van der Waals surface area contributed by atoms with E-state index in [4.69, 9.17) is 10.4 Å². The largest absolute Gasteiger partial charge is 0.480 e. The van der Waals surface area contributed by atoms with Crippen LogP contribution >= 0.6 is 0 Å². The molecule has 0 saturated carbocycles. The van der Waals surface area contributed by atoms with E-state index in [-0.39, 0.29) is 13.0 Å². The molecule has 0 fully saturated rings. The molecule has 0 radical (unpaired) electrons. The highest BCUT2D eigenvalue weighted by atomic mass is 16.4. The van der Waals surface area contributed by atoms with E-state index in [2.05, 4.69) is 17.2 Å². The van der Waals surface area contributed by atoms with Crippen molar-refractivity contribution in [3.63, 3.8) is 0 Å². The third-order valence-corrected chi connectivity index (χ3v) is 2.54. The Hall–Kier alpha value is -2.81. The number of carbonyl (C=O) groups excluding carboxylic acids is 1. The van der Waals surface area contributed by atoms with Crippen LogP contribution < -0.4 is 10.6 Å². The Bertz CT molecular complexity index is 532. The zero-order valence-corrected chi connectivity index (χ0v) is 10.8. The summed E-state index contributed by atoms with van der Waals surface area (Å²) in [6, 6.07) is 7.17. The fourth-order valence-corrected chi connectivity index (χ4v) is 1.48. The van der Waals surface area contributed by atoms with Gasteiger partial charge in [0.25, 0.3) is 0 Å². The van der Waals surface area contributed by atoms with Gasteiger partial charge in [0.2, 0.25) is 0 Å². The average Bonchev–Trinajstić information content (AvgIpc) is 2.45. The smallest absolute Gasteiger partial charge is 0.326 e. The van der Waals surface area contributed by atoms with Crippen LogP contribution in [0, 0.1) is 11.3 Å². The van der Waals surface area contributed by atoms with E-state index >= 15 is 0 Å². The maximum absolute atomic E-state index is 11.6. The van der Waals surface area contributed by atoms with E-state index in [0.717, 1.165) is 5.56 Å². The Morgan fingerprint density at radius 3 is 2.55 bits per heavy atom. The number of nitriles is 1. The number of hydrogen-bond acceptors (Lipinski definition) is 3. The van der Waals surface area contributed by atoms with Gasteiger partial charge >= 0.3 is 12.0 Å². The lowest BCUT2D eigenvalue weighted by Crippen LogP contribution is -2.45. The second-order valence-electron chi connectivity index (χ2n) is 4.05. The number of nitrogens with one attached hydrogen (secondary N) is 2. The molecule has 0 saturated heterocycles. The Kier molecular flexibility index (Phi) is 5.78. The molecule has 0 aromatic heterocycles. The molecular formula is C14H15N3O3. The van der Waals surface area contributed by atoms with Gasteiger partial charge in [-0.2, -0.15) is 5.26 Å². The Labute approximate surface area is 116 Å². The maximum atomic E-state index is 11.6. The first-order chi connectivity index (χ1) is 9.56. The summed E-state index contributed by atoms with van der Waals surface area (Å²) in [6.07, 6.45) is 1.58. The molecule has 0 aliphatic rings. The predicted molar refractivity (Wildman–Crippen MR) is 72.8 cm³/mol. The molecule has 104 valence electrons. The SMILES string of the molecule is C=CCC(NC(=O)NCc1ccc(C#N)cc1)C(=O)O. The number of hydrogen-bond donors (Lipinski definition) is 3. The van der Waals surface area contributed by atoms with Crippen molar-refractivity contribution >= 4 is 12.0 Å². The monoisotopic (exact) mass is 273 g/mol. The highest BCUT2D eigenvalue weighted by Gasteiger charge is 2.17. The third-order valence-electron chi connectivity index (χ3n) is 2.54. The summed E-state index contributed by atoms with van der Waals surface area (Å²) in [4.78, 5) is 22.4. The maximum Gasteiger partial charge on any atom is 0.326 e. The van der Waals surface area contributed by atoms with Gasteiger partial charge in [-0.3, -0.25) is 0 Å². The third kappa shape index (κ3) is 4.82. The van der Waals surface area contributed by atoms with Crippen molar-refractivity contribution in [1.82, 2.24) is 10.6 Å². The molecular weight excluding hydrogens is 258 g/mol. The van der Waals surface area contributed by atoms with Crippen molar-refractivity contribution in [3.05, 3.63) is 48.0 Å². The van der Waals surface area contributed by atoms with E-state index in [9.17, 15) is 9.59 Å². The number of benzene rings is 1. The highest BCUT2D eigenvalue weighted by Crippen LogP contribution is 2.02. The van der Waals surface area contributed by atoms with Gasteiger partial charge in [0.1, 0.15) is 6.04 Å². The second kappa shape index (κ2) is 7.59. The van der Waals surface area contributed by atoms with Gasteiger partial charge in [0.05, 0.1) is 11.6 Å². The van der Waals surface area contributed by atoms with E-state index in [1.165, 1.54) is 6.08 Å². The van der Waals surface area contributed by atoms with Gasteiger partial charge in [0.15, 0.2) is 0 Å². The number of nitrogens with zero attached hydrogens (tertiary/aromatic N) is 1. The summed E-state index contributed by atoms with van der Waals surface area (Å²) in [7, 11) is 0. The molecule has 20 heavy (non-hydrogen) atoms. The first kappa shape index (κ1) is 15.2. The number of aliphatic carboxylic acids is 1. The van der Waals surface area contributed by atoms with Crippen LogP contribution in [-0.2, 0) is 11.3 Å². The average molecular weight is 273 g/mol. The minimum atomic E-state index is -1.11. The van der Waals surface area contributed by atoms with Crippen molar-refractivity contribution < 1.29 is 14.7 Å². The van der Waals surface area contributed by atoms with Crippen LogP contribution in [0.4, 0.5) is 4.79 Å². The topological polar surface area (TPSA) is 102 Å². The van der Waals surface area contributed by atoms with Crippen LogP contribution in [0.3, 0.4) is 0 Å². The highest BCUT2D eigenvalue weighted by molar-refractivity contribution is 5.82. The number of carbonyl (C=O) groups is 2. The molecule has 3 N–H and O–H groups in total. The quantitative estimate of drug-likeness (QED) is 0.681. The lowest BCUT2D eigenvalue weighted by Gasteiger charge is -2.13. The summed E-state index contributed by atoms with van der Waals surface area (Å²) in [5.41, 5.74) is 1.35. The fraction of sp³-hybridized carbons (Fsp3) is 0.214. The van der Waals surface area contributed by atoms with Gasteiger partial charge in [-0.25, -0.2) is 9.59 Å². The number of rotatable bonds is 6. The van der Waals surface area contributed by atoms with Gasteiger partial charge in [-0.15, -0.1) is 6.58 Å². The summed E-state index contributed by atoms with van der Waals surface area (Å²) in [6.45, 7) is 3.69. The number of carboxylic acids is 1. The molecule has 1 unspecified atom stereocenters. The molecule has 0 aliphatic heterocycles. The Morgan fingerprint density at radius 1 is 1.40 bits per heavy atom. The van der Waals surface area contributed by atoms with E-state index in [1.54, 1.807) is 24.3 Å². The second-order valence-corrected chi connectivity index (χ2v) is 4.05. The van der Waals surface area contributed by atoms with E-state index < -0.39 is 18.0 Å². The Morgan fingerprint density at radius 2 is 2.05 bits per heavy atom. The Balaban J connectivity index is 2.47. The molecule has 6 heteroatoms. The van der Waals surface area contributed by atoms with Crippen LogP contribution in [-0.4, -0.2) is 23.1 Å². The van der Waals surface area contributed by atoms with Crippen molar-refractivity contribution in [2.45, 2.75) is 19.0 Å². The van der Waals surface area contributed by atoms with Crippen LogP contribution in [0.2, 0.25) is 0 Å². The van der Waals surface area contributed by atoms with Crippen molar-refractivity contribution in [2.75, 3.05) is 0 Å². The predicted octanol–water partition coefficient (Wildman–Crippen LogP) is 1.39. The lowest BCUT2D eigenvalue weighted by molar-refractivity contribution is -0.139. The van der Waals surface area contributed by atoms with Gasteiger partial charge in [0, 0.05) is 6.54 Å². The molecule has 1 aromatic carbocycles. The summed E-state index contributed by atoms with van der Waals surface area (Å²) in [5.74, 6) is -1.11. The molecule has 1 aromatic rings. The minimum absolute atomic E-state index is 0.152. The fourth-order valence-electron chi connectivity index (χ4n) is 1.48. The van der Waals surface area contributed by atoms with Crippen molar-refractivity contribution in [2.24, 2.45) is 0 Å². The molecule has 2 amide bonds. The van der Waals surface area contributed by atoms with Crippen LogP contribution in [0.15, 0.2) is 36.9 Å². The molecule has 0 heterocycles. The van der Waals surface area contributed by atoms with E-state index in [0.29, 0.717) is 5.56 Å². The summed E-state index contributed by atoms with van der Waals surface area (Å²) >= 11 is 0. The van der Waals surface area contributed by atoms with E-state index in [1.807, 2.05) is 6.07 Å². The first-order valence-corrected chi connectivity index (χ1v) is 5.94. The molecule has 0 bridgehead atoms. The standard InChI is InChI=1S/C14H15N3O3/c1-2-3-12(13(18)19)17-14(20)16-9-11-6-4-10(8-15)5-7-11/h2,4-7,12H,1,3,9H2,(H,18,19)(H2,16,17,20). The van der Waals surface area contributed by atoms with Crippen LogP contribution in [0.5, 0.6) is 0 Å². The molecule has 1 atom stereocenters. The summed E-state index contributed by atoms with van der Waals surface area (Å²) < 4.78 is 0. The van der Waals surface area contributed by atoms with Crippen LogP contribution in [0.25, 0.3) is 0 Å². The van der Waals surface area contributed by atoms with Crippen LogP contribution in [0.1, 0.15) is 17.5 Å². The zero-order valence-electron chi connectivity index (χ0n) is 10.8. The molecule has 1 rings (SSSR count).